The minimum atomic E-state index is -0.608. The molecule has 0 atom stereocenters. The molecule has 1 heterocycles. The molecule has 0 aliphatic heterocycles. The van der Waals surface area contributed by atoms with Crippen molar-refractivity contribution < 1.29 is 9.53 Å². The van der Waals surface area contributed by atoms with E-state index in [1.165, 1.54) is 12.4 Å². The molecule has 0 aliphatic carbocycles. The Kier molecular flexibility index (Phi) is 3.29. The average Bonchev–Trinajstić information content (AvgIpc) is 2.35. The molecule has 0 aliphatic rings. The molecule has 0 fully saturated rings. The van der Waals surface area contributed by atoms with Crippen molar-refractivity contribution in [1.82, 2.24) is 9.97 Å². The molecular weight excluding hydrogens is 256 g/mol. The summed E-state index contributed by atoms with van der Waals surface area (Å²) in [5.41, 5.74) is 11.0. The monoisotopic (exact) mass is 264 g/mol. The zero-order chi connectivity index (χ0) is 13.1. The summed E-state index contributed by atoms with van der Waals surface area (Å²) in [7, 11) is 0. The minimum Gasteiger partial charge on any atom is -0.437 e. The van der Waals surface area contributed by atoms with Gasteiger partial charge in [0.15, 0.2) is 0 Å². The molecule has 1 aromatic heterocycles. The Hall–Kier alpha value is -2.34. The van der Waals surface area contributed by atoms with Gasteiger partial charge in [0, 0.05) is 0 Å². The lowest BCUT2D eigenvalue weighted by molar-refractivity contribution is 0.0998. The van der Waals surface area contributed by atoms with Crippen LogP contribution in [0.25, 0.3) is 0 Å². The number of hydrogen-bond acceptors (Lipinski definition) is 5. The molecule has 7 heteroatoms. The summed E-state index contributed by atoms with van der Waals surface area (Å²) >= 11 is 5.88. The van der Waals surface area contributed by atoms with Crippen LogP contribution in [0.5, 0.6) is 11.6 Å². The zero-order valence-electron chi connectivity index (χ0n) is 9.13. The summed E-state index contributed by atoms with van der Waals surface area (Å²) in [6.07, 6.45) is 1.21. The van der Waals surface area contributed by atoms with E-state index >= 15 is 0 Å². The maximum absolute atomic E-state index is 11.2. The van der Waals surface area contributed by atoms with Crippen LogP contribution >= 0.6 is 11.6 Å². The number of carbonyl (C=O) groups is 1. The van der Waals surface area contributed by atoms with Crippen LogP contribution in [0.2, 0.25) is 5.02 Å². The van der Waals surface area contributed by atoms with E-state index in [2.05, 4.69) is 9.97 Å². The Morgan fingerprint density at radius 1 is 1.28 bits per heavy atom. The number of rotatable bonds is 3. The second-order valence-electron chi connectivity index (χ2n) is 3.34. The molecule has 0 unspecified atom stereocenters. The normalized spacial score (nSPS) is 10.1. The van der Waals surface area contributed by atoms with E-state index in [9.17, 15) is 4.79 Å². The largest absolute Gasteiger partial charge is 0.437 e. The van der Waals surface area contributed by atoms with E-state index in [1.807, 2.05) is 0 Å². The molecule has 2 aromatic rings. The number of nitrogens with zero attached hydrogens (tertiary/aromatic N) is 2. The fourth-order valence-corrected chi connectivity index (χ4v) is 1.44. The summed E-state index contributed by atoms with van der Waals surface area (Å²) in [4.78, 5) is 18.8. The summed E-state index contributed by atoms with van der Waals surface area (Å²) in [5, 5.41) is 0.0803. The van der Waals surface area contributed by atoms with Crippen LogP contribution in [0, 0.1) is 0 Å². The van der Waals surface area contributed by atoms with Crippen LogP contribution in [0.3, 0.4) is 0 Å². The number of nitrogen functional groups attached to an aromatic ring is 1. The van der Waals surface area contributed by atoms with E-state index < -0.39 is 5.91 Å². The minimum absolute atomic E-state index is 0.0675. The Morgan fingerprint density at radius 2 is 2.00 bits per heavy atom. The van der Waals surface area contributed by atoms with Crippen LogP contribution in [-0.2, 0) is 0 Å². The lowest BCUT2D eigenvalue weighted by Gasteiger charge is -2.09. The molecule has 1 aromatic carbocycles. The standard InChI is InChI=1S/C11H9ClN4O2/c12-8-9(13)15-5-16-11(8)18-7-4-2-1-3-6(7)10(14)17/h1-5H,(H2,14,17)(H2,13,15,16). The second kappa shape index (κ2) is 4.89. The lowest BCUT2D eigenvalue weighted by atomic mass is 10.2. The Labute approximate surface area is 108 Å². The highest BCUT2D eigenvalue weighted by Gasteiger charge is 2.13. The second-order valence-corrected chi connectivity index (χ2v) is 3.72. The molecule has 0 radical (unpaired) electrons. The van der Waals surface area contributed by atoms with Gasteiger partial charge in [-0.2, -0.15) is 4.98 Å². The van der Waals surface area contributed by atoms with Crippen LogP contribution in [-0.4, -0.2) is 15.9 Å². The van der Waals surface area contributed by atoms with Crippen molar-refractivity contribution in [2.24, 2.45) is 5.73 Å². The third-order valence-corrected chi connectivity index (χ3v) is 2.50. The molecule has 1 amide bonds. The number of halogens is 1. The maximum atomic E-state index is 11.2. The van der Waals surface area contributed by atoms with Gasteiger partial charge in [-0.05, 0) is 12.1 Å². The lowest BCUT2D eigenvalue weighted by Crippen LogP contribution is -2.12. The number of primary amides is 1. The quantitative estimate of drug-likeness (QED) is 0.876. The van der Waals surface area contributed by atoms with Gasteiger partial charge in [-0.15, -0.1) is 0 Å². The van der Waals surface area contributed by atoms with Gasteiger partial charge in [0.25, 0.3) is 5.91 Å². The molecule has 0 saturated heterocycles. The molecule has 92 valence electrons. The molecule has 18 heavy (non-hydrogen) atoms. The fraction of sp³-hybridized carbons (Fsp3) is 0. The van der Waals surface area contributed by atoms with Gasteiger partial charge in [0.05, 0.1) is 5.56 Å². The number of ether oxygens (including phenoxy) is 1. The summed E-state index contributed by atoms with van der Waals surface area (Å²) in [6, 6.07) is 6.48. The highest BCUT2D eigenvalue weighted by Crippen LogP contribution is 2.31. The van der Waals surface area contributed by atoms with E-state index in [4.69, 9.17) is 27.8 Å². The number of hydrogen-bond donors (Lipinski definition) is 2. The van der Waals surface area contributed by atoms with Crippen LogP contribution in [0.4, 0.5) is 5.82 Å². The number of carbonyl (C=O) groups excluding carboxylic acids is 1. The van der Waals surface area contributed by atoms with Crippen molar-refractivity contribution in [3.63, 3.8) is 0 Å². The van der Waals surface area contributed by atoms with Gasteiger partial charge >= 0.3 is 0 Å². The molecule has 2 rings (SSSR count). The highest BCUT2D eigenvalue weighted by atomic mass is 35.5. The molecule has 0 saturated carbocycles. The molecule has 6 nitrogen and oxygen atoms in total. The van der Waals surface area contributed by atoms with E-state index in [0.29, 0.717) is 0 Å². The SMILES string of the molecule is NC(=O)c1ccccc1Oc1ncnc(N)c1Cl. The summed E-state index contributed by atoms with van der Waals surface area (Å²) < 4.78 is 5.42. The first-order valence-electron chi connectivity index (χ1n) is 4.92. The maximum Gasteiger partial charge on any atom is 0.252 e. The van der Waals surface area contributed by atoms with E-state index in [0.717, 1.165) is 0 Å². The zero-order valence-corrected chi connectivity index (χ0v) is 9.89. The van der Waals surface area contributed by atoms with Gasteiger partial charge < -0.3 is 16.2 Å². The summed E-state index contributed by atoms with van der Waals surface area (Å²) in [5.74, 6) is -0.190. The molecule has 4 N–H and O–H groups in total. The number of benzene rings is 1. The fourth-order valence-electron chi connectivity index (χ4n) is 1.30. The first-order chi connectivity index (χ1) is 8.59. The third kappa shape index (κ3) is 2.33. The van der Waals surface area contributed by atoms with Crippen molar-refractivity contribution in [2.45, 2.75) is 0 Å². The van der Waals surface area contributed by atoms with Crippen molar-refractivity contribution in [2.75, 3.05) is 5.73 Å². The van der Waals surface area contributed by atoms with Gasteiger partial charge in [-0.25, -0.2) is 4.98 Å². The number of amides is 1. The Morgan fingerprint density at radius 3 is 2.72 bits per heavy atom. The highest BCUT2D eigenvalue weighted by molar-refractivity contribution is 6.34. The topological polar surface area (TPSA) is 104 Å². The van der Waals surface area contributed by atoms with Gasteiger partial charge in [0.1, 0.15) is 22.9 Å². The van der Waals surface area contributed by atoms with Gasteiger partial charge in [-0.3, -0.25) is 4.79 Å². The van der Waals surface area contributed by atoms with Crippen molar-refractivity contribution in [3.05, 3.63) is 41.2 Å². The first-order valence-corrected chi connectivity index (χ1v) is 5.30. The van der Waals surface area contributed by atoms with E-state index in [-0.39, 0.29) is 28.0 Å². The van der Waals surface area contributed by atoms with Crippen LogP contribution in [0.15, 0.2) is 30.6 Å². The predicted molar refractivity (Wildman–Crippen MR) is 66.5 cm³/mol. The third-order valence-electron chi connectivity index (χ3n) is 2.14. The van der Waals surface area contributed by atoms with Crippen LogP contribution in [0.1, 0.15) is 10.4 Å². The Bertz CT molecular complexity index is 603. The van der Waals surface area contributed by atoms with Crippen molar-refractivity contribution in [3.8, 4) is 11.6 Å². The van der Waals surface area contributed by atoms with Gasteiger partial charge in [0.2, 0.25) is 5.88 Å². The Balaban J connectivity index is 2.40. The van der Waals surface area contributed by atoms with Crippen LogP contribution < -0.4 is 16.2 Å². The number of anilines is 1. The molecular formula is C11H9ClN4O2. The smallest absolute Gasteiger partial charge is 0.252 e. The molecule has 0 spiro atoms. The summed E-state index contributed by atoms with van der Waals surface area (Å²) in [6.45, 7) is 0. The average molecular weight is 265 g/mol. The van der Waals surface area contributed by atoms with Gasteiger partial charge in [-0.1, -0.05) is 23.7 Å². The first kappa shape index (κ1) is 12.1. The number of nitrogens with two attached hydrogens (primary N) is 2. The van der Waals surface area contributed by atoms with Crippen molar-refractivity contribution in [1.29, 1.82) is 0 Å². The van der Waals surface area contributed by atoms with E-state index in [1.54, 1.807) is 18.2 Å². The predicted octanol–water partition coefficient (Wildman–Crippen LogP) is 1.60. The number of aromatic nitrogens is 2. The number of para-hydroxylation sites is 1. The molecule has 0 bridgehead atoms. The van der Waals surface area contributed by atoms with Crippen molar-refractivity contribution >= 4 is 23.3 Å².